The second-order valence-electron chi connectivity index (χ2n) is 4.84. The quantitative estimate of drug-likeness (QED) is 0.840. The van der Waals surface area contributed by atoms with E-state index >= 15 is 0 Å². The second kappa shape index (κ2) is 5.18. The third kappa shape index (κ3) is 3.20. The van der Waals surface area contributed by atoms with E-state index in [1.165, 1.54) is 25.3 Å². The Bertz CT molecular complexity index is 432. The molecule has 1 aliphatic rings. The molecule has 0 radical (unpaired) electrons. The third-order valence-corrected chi connectivity index (χ3v) is 3.23. The summed E-state index contributed by atoms with van der Waals surface area (Å²) in [4.78, 5) is 0. The summed E-state index contributed by atoms with van der Waals surface area (Å²) in [6, 6.07) is 6.90. The van der Waals surface area contributed by atoms with Crippen molar-refractivity contribution in [3.05, 3.63) is 29.6 Å². The molecule has 1 atom stereocenters. The highest BCUT2D eigenvalue weighted by atomic mass is 19.1. The van der Waals surface area contributed by atoms with Gasteiger partial charge in [-0.25, -0.2) is 4.39 Å². The first-order valence-electron chi connectivity index (χ1n) is 6.16. The van der Waals surface area contributed by atoms with E-state index in [9.17, 15) is 4.39 Å². The van der Waals surface area contributed by atoms with E-state index in [4.69, 9.17) is 5.26 Å². The molecule has 1 aromatic rings. The molecule has 1 N–H and O–H groups in total. The van der Waals surface area contributed by atoms with Gasteiger partial charge >= 0.3 is 0 Å². The molecule has 0 amide bonds. The third-order valence-electron chi connectivity index (χ3n) is 3.23. The number of benzene rings is 1. The van der Waals surface area contributed by atoms with Crippen molar-refractivity contribution >= 4 is 5.69 Å². The maximum atomic E-state index is 13.4. The Hall–Kier alpha value is -1.56. The van der Waals surface area contributed by atoms with Crippen molar-refractivity contribution < 1.29 is 4.39 Å². The maximum absolute atomic E-state index is 13.4. The van der Waals surface area contributed by atoms with E-state index in [1.54, 1.807) is 12.1 Å². The number of hydrogen-bond donors (Lipinski definition) is 1. The zero-order valence-electron chi connectivity index (χ0n) is 10.0. The molecule has 0 spiro atoms. The van der Waals surface area contributed by atoms with E-state index in [2.05, 4.69) is 12.2 Å². The van der Waals surface area contributed by atoms with Gasteiger partial charge in [0.1, 0.15) is 17.4 Å². The lowest BCUT2D eigenvalue weighted by molar-refractivity contribution is 0.606. The van der Waals surface area contributed by atoms with Crippen LogP contribution in [0.5, 0.6) is 0 Å². The predicted molar refractivity (Wildman–Crippen MR) is 66.2 cm³/mol. The average molecular weight is 232 g/mol. The summed E-state index contributed by atoms with van der Waals surface area (Å²) in [5.74, 6) is 0.453. The van der Waals surface area contributed by atoms with Crippen LogP contribution in [0, 0.1) is 23.1 Å². The van der Waals surface area contributed by atoms with Gasteiger partial charge in [-0.1, -0.05) is 18.9 Å². The molecule has 0 aromatic heterocycles. The van der Waals surface area contributed by atoms with Gasteiger partial charge in [-0.2, -0.15) is 5.26 Å². The monoisotopic (exact) mass is 232 g/mol. The van der Waals surface area contributed by atoms with E-state index in [0.29, 0.717) is 5.69 Å². The Kier molecular flexibility index (Phi) is 3.63. The van der Waals surface area contributed by atoms with Crippen molar-refractivity contribution in [3.63, 3.8) is 0 Å². The molecule has 1 unspecified atom stereocenters. The lowest BCUT2D eigenvalue weighted by Gasteiger charge is -2.16. The van der Waals surface area contributed by atoms with Crippen molar-refractivity contribution in [1.29, 1.82) is 5.26 Å². The molecule has 2 nitrogen and oxygen atoms in total. The van der Waals surface area contributed by atoms with Gasteiger partial charge < -0.3 is 5.32 Å². The normalized spacial score (nSPS) is 16.3. The lowest BCUT2D eigenvalue weighted by Crippen LogP contribution is -2.16. The number of halogens is 1. The van der Waals surface area contributed by atoms with Gasteiger partial charge in [-0.3, -0.25) is 0 Å². The van der Waals surface area contributed by atoms with Crippen LogP contribution in [-0.4, -0.2) is 6.04 Å². The SMILES string of the molecule is CC(CCC1CC1)Nc1cccc(F)c1C#N. The van der Waals surface area contributed by atoms with Crippen molar-refractivity contribution in [2.75, 3.05) is 5.32 Å². The van der Waals surface area contributed by atoms with Crippen LogP contribution in [0.2, 0.25) is 0 Å². The Morgan fingerprint density at radius 1 is 1.53 bits per heavy atom. The molecule has 1 saturated carbocycles. The summed E-state index contributed by atoms with van der Waals surface area (Å²) >= 11 is 0. The predicted octanol–water partition coefficient (Wildman–Crippen LogP) is 3.69. The van der Waals surface area contributed by atoms with Crippen LogP contribution in [0.15, 0.2) is 18.2 Å². The molecule has 1 aromatic carbocycles. The van der Waals surface area contributed by atoms with Crippen molar-refractivity contribution in [1.82, 2.24) is 0 Å². The number of hydrogen-bond acceptors (Lipinski definition) is 2. The largest absolute Gasteiger partial charge is 0.381 e. The molecule has 90 valence electrons. The highest BCUT2D eigenvalue weighted by Gasteiger charge is 2.21. The number of rotatable bonds is 5. The Morgan fingerprint density at radius 3 is 2.94 bits per heavy atom. The van der Waals surface area contributed by atoms with Crippen molar-refractivity contribution in [2.24, 2.45) is 5.92 Å². The molecule has 0 saturated heterocycles. The van der Waals surface area contributed by atoms with E-state index < -0.39 is 5.82 Å². The standard InChI is InChI=1S/C14H17FN2/c1-10(5-6-11-7-8-11)17-14-4-2-3-13(15)12(14)9-16/h2-4,10-11,17H,5-8H2,1H3. The average Bonchev–Trinajstić information content (AvgIpc) is 3.10. The van der Waals surface area contributed by atoms with Crippen LogP contribution in [0.3, 0.4) is 0 Å². The van der Waals surface area contributed by atoms with Crippen molar-refractivity contribution in [2.45, 2.75) is 38.6 Å². The molecular formula is C14H17FN2. The molecule has 1 fully saturated rings. The maximum Gasteiger partial charge on any atom is 0.143 e. The first kappa shape index (κ1) is 11.9. The zero-order chi connectivity index (χ0) is 12.3. The molecule has 2 rings (SSSR count). The van der Waals surface area contributed by atoms with Gasteiger partial charge in [0.05, 0.1) is 5.69 Å². The van der Waals surface area contributed by atoms with Crippen LogP contribution in [-0.2, 0) is 0 Å². The minimum absolute atomic E-state index is 0.116. The number of nitriles is 1. The Balaban J connectivity index is 1.97. The topological polar surface area (TPSA) is 35.8 Å². The van der Waals surface area contributed by atoms with Crippen LogP contribution in [0.1, 0.15) is 38.2 Å². The van der Waals surface area contributed by atoms with Gasteiger partial charge in [-0.15, -0.1) is 0 Å². The van der Waals surface area contributed by atoms with Crippen LogP contribution < -0.4 is 5.32 Å². The number of nitrogens with one attached hydrogen (secondary N) is 1. The van der Waals surface area contributed by atoms with Crippen LogP contribution in [0.4, 0.5) is 10.1 Å². The summed E-state index contributed by atoms with van der Waals surface area (Å²) < 4.78 is 13.4. The lowest BCUT2D eigenvalue weighted by atomic mass is 10.1. The fourth-order valence-electron chi connectivity index (χ4n) is 1.99. The summed E-state index contributed by atoms with van der Waals surface area (Å²) in [6.45, 7) is 2.08. The molecule has 1 aliphatic carbocycles. The van der Waals surface area contributed by atoms with Gasteiger partial charge in [-0.05, 0) is 37.8 Å². The van der Waals surface area contributed by atoms with Crippen LogP contribution >= 0.6 is 0 Å². The second-order valence-corrected chi connectivity index (χ2v) is 4.84. The fraction of sp³-hybridized carbons (Fsp3) is 0.500. The molecular weight excluding hydrogens is 215 g/mol. The summed E-state index contributed by atoms with van der Waals surface area (Å²) in [5.41, 5.74) is 0.724. The van der Waals surface area contributed by atoms with Gasteiger partial charge in [0.25, 0.3) is 0 Å². The van der Waals surface area contributed by atoms with Gasteiger partial charge in [0.2, 0.25) is 0 Å². The molecule has 3 heteroatoms. The van der Waals surface area contributed by atoms with Crippen molar-refractivity contribution in [3.8, 4) is 6.07 Å². The van der Waals surface area contributed by atoms with Gasteiger partial charge in [0, 0.05) is 6.04 Å². The summed E-state index contributed by atoms with van der Waals surface area (Å²) in [5, 5.41) is 12.1. The van der Waals surface area contributed by atoms with E-state index in [-0.39, 0.29) is 11.6 Å². The molecule has 0 bridgehead atoms. The summed E-state index contributed by atoms with van der Waals surface area (Å²) in [7, 11) is 0. The minimum Gasteiger partial charge on any atom is -0.381 e. The smallest absolute Gasteiger partial charge is 0.143 e. The first-order chi connectivity index (χ1) is 8.20. The molecule has 17 heavy (non-hydrogen) atoms. The fourth-order valence-corrected chi connectivity index (χ4v) is 1.99. The zero-order valence-corrected chi connectivity index (χ0v) is 10.0. The van der Waals surface area contributed by atoms with Gasteiger partial charge in [0.15, 0.2) is 0 Å². The Labute approximate surface area is 101 Å². The Morgan fingerprint density at radius 2 is 2.29 bits per heavy atom. The molecule has 0 heterocycles. The first-order valence-corrected chi connectivity index (χ1v) is 6.16. The number of anilines is 1. The van der Waals surface area contributed by atoms with E-state index in [1.807, 2.05) is 6.07 Å². The summed E-state index contributed by atoms with van der Waals surface area (Å²) in [6.07, 6.45) is 5.02. The van der Waals surface area contributed by atoms with Crippen LogP contribution in [0.25, 0.3) is 0 Å². The molecule has 0 aliphatic heterocycles. The highest BCUT2D eigenvalue weighted by Crippen LogP contribution is 2.34. The van der Waals surface area contributed by atoms with E-state index in [0.717, 1.165) is 12.3 Å². The minimum atomic E-state index is -0.452. The number of nitrogens with zero attached hydrogens (tertiary/aromatic N) is 1. The highest BCUT2D eigenvalue weighted by molar-refractivity contribution is 5.58.